The topological polar surface area (TPSA) is 54.3 Å². The highest BCUT2D eigenvalue weighted by Gasteiger charge is 2.32. The van der Waals surface area contributed by atoms with Crippen molar-refractivity contribution in [2.45, 2.75) is 38.3 Å². The van der Waals surface area contributed by atoms with Crippen LogP contribution in [0.4, 0.5) is 23.4 Å². The lowest BCUT2D eigenvalue weighted by Crippen LogP contribution is -2.36. The molecule has 0 atom stereocenters. The number of hydrogen-bond donors (Lipinski definition) is 0. The summed E-state index contributed by atoms with van der Waals surface area (Å²) in [5.74, 6) is -0.0146. The van der Waals surface area contributed by atoms with E-state index >= 15 is 0 Å². The van der Waals surface area contributed by atoms with Crippen molar-refractivity contribution in [1.29, 1.82) is 0 Å². The number of fused-ring (bicyclic) bond motifs is 1. The summed E-state index contributed by atoms with van der Waals surface area (Å²) >= 11 is 0. The normalized spacial score (nSPS) is 16.7. The zero-order chi connectivity index (χ0) is 24.6. The smallest absolute Gasteiger partial charge is 0.355 e. The number of aromatic nitrogens is 3. The Kier molecular flexibility index (Phi) is 6.21. The van der Waals surface area contributed by atoms with Gasteiger partial charge in [-0.1, -0.05) is 0 Å². The molecule has 6 nitrogen and oxygen atoms in total. The molecule has 3 heterocycles. The predicted octanol–water partition coefficient (Wildman–Crippen LogP) is 4.66. The number of carbonyl (C=O) groups excluding carboxylic acids is 1. The molecule has 1 aromatic carbocycles. The fourth-order valence-corrected chi connectivity index (χ4v) is 4.81. The number of pyridine rings is 1. The average molecular weight is 488 g/mol. The van der Waals surface area contributed by atoms with Crippen molar-refractivity contribution in [1.82, 2.24) is 19.7 Å². The zero-order valence-corrected chi connectivity index (χ0v) is 19.1. The Labute approximate surface area is 200 Å². The largest absolute Gasteiger partial charge is 0.417 e. The molecule has 0 unspecified atom stereocenters. The minimum atomic E-state index is -4.43. The minimum absolute atomic E-state index is 0.147. The molecule has 5 rings (SSSR count). The number of nitrogens with zero attached hydrogens (tertiary/aromatic N) is 5. The van der Waals surface area contributed by atoms with Gasteiger partial charge in [0.25, 0.3) is 5.91 Å². The Balaban J connectivity index is 1.35. The molecule has 0 spiro atoms. The lowest BCUT2D eigenvalue weighted by atomic mass is 9.95. The van der Waals surface area contributed by atoms with Crippen LogP contribution in [0.3, 0.4) is 0 Å². The summed E-state index contributed by atoms with van der Waals surface area (Å²) in [7, 11) is 0. The molecule has 0 saturated carbocycles. The molecular formula is C25H25F4N5O. The third-order valence-electron chi connectivity index (χ3n) is 6.64. The predicted molar refractivity (Wildman–Crippen MR) is 122 cm³/mol. The number of hydrogen-bond acceptors (Lipinski definition) is 4. The summed E-state index contributed by atoms with van der Waals surface area (Å²) in [4.78, 5) is 21.2. The molecule has 1 aliphatic carbocycles. The number of benzene rings is 1. The van der Waals surface area contributed by atoms with Gasteiger partial charge in [-0.25, -0.2) is 14.1 Å². The van der Waals surface area contributed by atoms with Gasteiger partial charge in [0.2, 0.25) is 0 Å². The first-order valence-corrected chi connectivity index (χ1v) is 11.8. The molecule has 35 heavy (non-hydrogen) atoms. The second-order valence-corrected chi connectivity index (χ2v) is 8.90. The first kappa shape index (κ1) is 23.3. The molecule has 0 radical (unpaired) electrons. The number of anilines is 1. The van der Waals surface area contributed by atoms with Crippen LogP contribution in [0.2, 0.25) is 0 Å². The third kappa shape index (κ3) is 4.74. The summed E-state index contributed by atoms with van der Waals surface area (Å²) < 4.78 is 53.8. The maximum absolute atomic E-state index is 13.6. The van der Waals surface area contributed by atoms with E-state index in [1.165, 1.54) is 18.2 Å². The second-order valence-electron chi connectivity index (χ2n) is 8.90. The van der Waals surface area contributed by atoms with E-state index in [1.807, 2.05) is 4.90 Å². The number of alkyl halides is 3. The Morgan fingerprint density at radius 2 is 1.66 bits per heavy atom. The van der Waals surface area contributed by atoms with Gasteiger partial charge in [0.05, 0.1) is 11.3 Å². The molecule has 0 N–H and O–H groups in total. The summed E-state index contributed by atoms with van der Waals surface area (Å²) in [5.41, 5.74) is 2.33. The maximum atomic E-state index is 13.6. The molecule has 1 aliphatic heterocycles. The van der Waals surface area contributed by atoms with Crippen LogP contribution < -0.4 is 4.90 Å². The van der Waals surface area contributed by atoms with E-state index < -0.39 is 11.7 Å². The molecule has 3 aromatic rings. The molecule has 1 amide bonds. The highest BCUT2D eigenvalue weighted by atomic mass is 19.4. The second kappa shape index (κ2) is 9.31. The van der Waals surface area contributed by atoms with E-state index in [4.69, 9.17) is 0 Å². The van der Waals surface area contributed by atoms with Gasteiger partial charge in [-0.15, -0.1) is 0 Å². The highest BCUT2D eigenvalue weighted by molar-refractivity contribution is 5.94. The van der Waals surface area contributed by atoms with Gasteiger partial charge in [-0.2, -0.15) is 18.3 Å². The highest BCUT2D eigenvalue weighted by Crippen LogP contribution is 2.30. The van der Waals surface area contributed by atoms with Crippen LogP contribution in [0.5, 0.6) is 0 Å². The molecule has 10 heteroatoms. The molecule has 2 aliphatic rings. The Morgan fingerprint density at radius 3 is 2.37 bits per heavy atom. The van der Waals surface area contributed by atoms with E-state index in [-0.39, 0.29) is 11.7 Å². The molecule has 184 valence electrons. The van der Waals surface area contributed by atoms with Crippen molar-refractivity contribution in [3.8, 4) is 5.69 Å². The van der Waals surface area contributed by atoms with Crippen molar-refractivity contribution in [3.63, 3.8) is 0 Å². The van der Waals surface area contributed by atoms with E-state index in [0.717, 1.165) is 54.9 Å². The minimum Gasteiger partial charge on any atom is -0.355 e. The molecule has 1 fully saturated rings. The molecule has 1 saturated heterocycles. The van der Waals surface area contributed by atoms with Gasteiger partial charge in [0, 0.05) is 43.6 Å². The third-order valence-corrected chi connectivity index (χ3v) is 6.64. The van der Waals surface area contributed by atoms with Crippen molar-refractivity contribution in [3.05, 3.63) is 70.9 Å². The van der Waals surface area contributed by atoms with Gasteiger partial charge in [0.15, 0.2) is 5.69 Å². The van der Waals surface area contributed by atoms with Gasteiger partial charge in [0.1, 0.15) is 11.6 Å². The van der Waals surface area contributed by atoms with Crippen LogP contribution in [0.25, 0.3) is 5.69 Å². The first-order chi connectivity index (χ1) is 16.8. The van der Waals surface area contributed by atoms with Crippen LogP contribution in [-0.4, -0.2) is 51.8 Å². The maximum Gasteiger partial charge on any atom is 0.417 e. The van der Waals surface area contributed by atoms with Crippen LogP contribution >= 0.6 is 0 Å². The molecule has 0 bridgehead atoms. The summed E-state index contributed by atoms with van der Waals surface area (Å²) in [6.07, 6.45) is 0.645. The lowest BCUT2D eigenvalue weighted by molar-refractivity contribution is -0.137. The first-order valence-electron chi connectivity index (χ1n) is 11.8. The number of amides is 1. The number of rotatable bonds is 3. The lowest BCUT2D eigenvalue weighted by Gasteiger charge is -2.23. The number of carbonyl (C=O) groups is 1. The van der Waals surface area contributed by atoms with Crippen molar-refractivity contribution in [2.24, 2.45) is 0 Å². The van der Waals surface area contributed by atoms with Crippen LogP contribution in [0, 0.1) is 5.82 Å². The van der Waals surface area contributed by atoms with Crippen LogP contribution in [-0.2, 0) is 19.0 Å². The van der Waals surface area contributed by atoms with Crippen LogP contribution in [0.15, 0.2) is 42.6 Å². The standard InChI is InChI=1S/C25H25F4N5O/c26-18-7-9-19(10-8-18)34-21-5-2-1-4-20(21)23(31-34)24(35)33-13-3-12-32(14-15-33)22-11-6-17(16-30-22)25(27,28)29/h6-11,16H,1-5,12-15H2. The van der Waals surface area contributed by atoms with Gasteiger partial charge < -0.3 is 9.80 Å². The SMILES string of the molecule is O=C(c1nn(-c2ccc(F)cc2)c2c1CCCC2)N1CCCN(c2ccc(C(F)(F)F)cn2)CC1. The van der Waals surface area contributed by atoms with E-state index in [1.54, 1.807) is 21.7 Å². The molecular weight excluding hydrogens is 462 g/mol. The van der Waals surface area contributed by atoms with E-state index in [2.05, 4.69) is 10.1 Å². The fourth-order valence-electron chi connectivity index (χ4n) is 4.81. The zero-order valence-electron chi connectivity index (χ0n) is 19.1. The summed E-state index contributed by atoms with van der Waals surface area (Å²) in [5, 5.41) is 4.68. The van der Waals surface area contributed by atoms with Crippen molar-refractivity contribution >= 4 is 11.7 Å². The van der Waals surface area contributed by atoms with Gasteiger partial charge >= 0.3 is 6.18 Å². The van der Waals surface area contributed by atoms with E-state index in [0.29, 0.717) is 44.1 Å². The quantitative estimate of drug-likeness (QED) is 0.505. The Bertz CT molecular complexity index is 1200. The summed E-state index contributed by atoms with van der Waals surface area (Å²) in [6.45, 7) is 1.99. The average Bonchev–Trinajstić information content (AvgIpc) is 3.06. The van der Waals surface area contributed by atoms with Gasteiger partial charge in [-0.3, -0.25) is 4.79 Å². The number of halogens is 4. The molecule has 2 aromatic heterocycles. The Hall–Kier alpha value is -3.43. The fraction of sp³-hybridized carbons (Fsp3) is 0.400. The van der Waals surface area contributed by atoms with Crippen LogP contribution in [0.1, 0.15) is 46.6 Å². The van der Waals surface area contributed by atoms with Crippen molar-refractivity contribution < 1.29 is 22.4 Å². The van der Waals surface area contributed by atoms with E-state index in [9.17, 15) is 22.4 Å². The monoisotopic (exact) mass is 487 g/mol. The summed E-state index contributed by atoms with van der Waals surface area (Å²) in [6, 6.07) is 8.49. The van der Waals surface area contributed by atoms with Gasteiger partial charge in [-0.05, 0) is 68.5 Å². The Morgan fingerprint density at radius 1 is 0.886 bits per heavy atom. The van der Waals surface area contributed by atoms with Crippen molar-refractivity contribution in [2.75, 3.05) is 31.1 Å².